The van der Waals surface area contributed by atoms with Crippen molar-refractivity contribution in [3.05, 3.63) is 17.0 Å². The van der Waals surface area contributed by atoms with Crippen LogP contribution in [0.1, 0.15) is 23.2 Å². The van der Waals surface area contributed by atoms with E-state index in [0.717, 1.165) is 6.42 Å². The minimum atomic E-state index is -3.01. The van der Waals surface area contributed by atoms with Gasteiger partial charge in [-0.05, 0) is 12.8 Å². The van der Waals surface area contributed by atoms with Crippen LogP contribution in [0.5, 0.6) is 0 Å². The van der Waals surface area contributed by atoms with Gasteiger partial charge in [0, 0.05) is 6.04 Å². The van der Waals surface area contributed by atoms with E-state index in [4.69, 9.17) is 11.6 Å². The Bertz CT molecular complexity index is 561. The van der Waals surface area contributed by atoms with Crippen molar-refractivity contribution < 1.29 is 13.2 Å². The van der Waals surface area contributed by atoms with Crippen LogP contribution >= 0.6 is 11.6 Å². The molecule has 1 aromatic heterocycles. The zero-order chi connectivity index (χ0) is 13.2. The monoisotopic (exact) mass is 289 g/mol. The van der Waals surface area contributed by atoms with Gasteiger partial charge in [0.2, 0.25) is 0 Å². The number of carbonyl (C=O) groups excluding carboxylic acids is 1. The standard InChI is InChI=1S/C10H12ClN3O3S/c11-9-8(4-15)10(13-6-12-9)14-7-2-1-3-18(16,17)5-7/h4,6-7H,1-3,5H2,(H,12,13,14). The van der Waals surface area contributed by atoms with Gasteiger partial charge in [-0.15, -0.1) is 0 Å². The molecule has 0 aromatic carbocycles. The van der Waals surface area contributed by atoms with Crippen LogP contribution < -0.4 is 5.32 Å². The van der Waals surface area contributed by atoms with Crippen molar-refractivity contribution in [2.24, 2.45) is 0 Å². The number of halogens is 1. The molecule has 1 aliphatic rings. The fourth-order valence-electron chi connectivity index (χ4n) is 1.92. The van der Waals surface area contributed by atoms with Gasteiger partial charge >= 0.3 is 0 Å². The second-order valence-corrected chi connectivity index (χ2v) is 6.73. The molecule has 1 aromatic rings. The van der Waals surface area contributed by atoms with Crippen molar-refractivity contribution in [3.63, 3.8) is 0 Å². The molecule has 1 N–H and O–H groups in total. The maximum Gasteiger partial charge on any atom is 0.156 e. The van der Waals surface area contributed by atoms with E-state index in [2.05, 4.69) is 15.3 Å². The summed E-state index contributed by atoms with van der Waals surface area (Å²) in [6.07, 6.45) is 3.12. The van der Waals surface area contributed by atoms with E-state index >= 15 is 0 Å². The Labute approximate surface area is 110 Å². The Morgan fingerprint density at radius 2 is 2.22 bits per heavy atom. The van der Waals surface area contributed by atoms with Crippen molar-refractivity contribution in [2.45, 2.75) is 18.9 Å². The van der Waals surface area contributed by atoms with Gasteiger partial charge in [-0.25, -0.2) is 18.4 Å². The minimum Gasteiger partial charge on any atom is -0.366 e. The predicted molar refractivity (Wildman–Crippen MR) is 67.7 cm³/mol. The number of rotatable bonds is 3. The molecule has 1 saturated heterocycles. The molecule has 1 aliphatic heterocycles. The number of anilines is 1. The van der Waals surface area contributed by atoms with Crippen LogP contribution in [0, 0.1) is 0 Å². The first-order chi connectivity index (χ1) is 8.52. The molecule has 0 spiro atoms. The van der Waals surface area contributed by atoms with Crippen LogP contribution in [-0.4, -0.2) is 42.2 Å². The molecule has 0 radical (unpaired) electrons. The zero-order valence-electron chi connectivity index (χ0n) is 9.47. The van der Waals surface area contributed by atoms with Crippen LogP contribution in [0.15, 0.2) is 6.33 Å². The van der Waals surface area contributed by atoms with Gasteiger partial charge < -0.3 is 5.32 Å². The fourth-order valence-corrected chi connectivity index (χ4v) is 3.74. The summed E-state index contributed by atoms with van der Waals surface area (Å²) in [5.41, 5.74) is 0.155. The SMILES string of the molecule is O=Cc1c(Cl)ncnc1NC1CCCS(=O)(=O)C1. The first-order valence-electron chi connectivity index (χ1n) is 5.44. The third-order valence-corrected chi connectivity index (χ3v) is 4.88. The Morgan fingerprint density at radius 1 is 1.44 bits per heavy atom. The molecule has 6 nitrogen and oxygen atoms in total. The fraction of sp³-hybridized carbons (Fsp3) is 0.500. The van der Waals surface area contributed by atoms with Crippen LogP contribution in [-0.2, 0) is 9.84 Å². The van der Waals surface area contributed by atoms with E-state index in [1.54, 1.807) is 0 Å². The Kier molecular flexibility index (Phi) is 3.82. The van der Waals surface area contributed by atoms with Crippen molar-refractivity contribution in [1.82, 2.24) is 9.97 Å². The number of hydrogen-bond acceptors (Lipinski definition) is 6. The van der Waals surface area contributed by atoms with Crippen molar-refractivity contribution in [2.75, 3.05) is 16.8 Å². The summed E-state index contributed by atoms with van der Waals surface area (Å²) in [5.74, 6) is 0.551. The summed E-state index contributed by atoms with van der Waals surface area (Å²) >= 11 is 5.76. The highest BCUT2D eigenvalue weighted by Gasteiger charge is 2.25. The summed E-state index contributed by atoms with van der Waals surface area (Å²) < 4.78 is 23.0. The van der Waals surface area contributed by atoms with Gasteiger partial charge in [0.05, 0.1) is 17.1 Å². The van der Waals surface area contributed by atoms with Crippen molar-refractivity contribution in [1.29, 1.82) is 0 Å². The summed E-state index contributed by atoms with van der Waals surface area (Å²) in [6, 6.07) is -0.242. The average Bonchev–Trinajstić information content (AvgIpc) is 2.28. The number of carbonyl (C=O) groups is 1. The van der Waals surface area contributed by atoms with Gasteiger partial charge in [0.15, 0.2) is 16.1 Å². The van der Waals surface area contributed by atoms with E-state index in [1.165, 1.54) is 6.33 Å². The lowest BCUT2D eigenvalue weighted by molar-refractivity contribution is 0.112. The molecule has 1 unspecified atom stereocenters. The van der Waals surface area contributed by atoms with Crippen molar-refractivity contribution in [3.8, 4) is 0 Å². The average molecular weight is 290 g/mol. The van der Waals surface area contributed by atoms with Crippen molar-refractivity contribution >= 4 is 33.5 Å². The lowest BCUT2D eigenvalue weighted by Crippen LogP contribution is -2.35. The number of aldehydes is 1. The lowest BCUT2D eigenvalue weighted by atomic mass is 10.2. The normalized spacial score (nSPS) is 22.4. The highest BCUT2D eigenvalue weighted by molar-refractivity contribution is 7.91. The molecule has 0 aliphatic carbocycles. The smallest absolute Gasteiger partial charge is 0.156 e. The molecule has 0 bridgehead atoms. The van der Waals surface area contributed by atoms with E-state index in [0.29, 0.717) is 12.7 Å². The Hall–Kier alpha value is -1.21. The van der Waals surface area contributed by atoms with Gasteiger partial charge in [-0.3, -0.25) is 4.79 Å². The Balaban J connectivity index is 2.19. The molecule has 0 saturated carbocycles. The lowest BCUT2D eigenvalue weighted by Gasteiger charge is -2.23. The number of nitrogens with one attached hydrogen (secondary N) is 1. The van der Waals surface area contributed by atoms with Crippen LogP contribution in [0.3, 0.4) is 0 Å². The third kappa shape index (κ3) is 2.97. The topological polar surface area (TPSA) is 89.0 Å². The summed E-state index contributed by atoms with van der Waals surface area (Å²) in [6.45, 7) is 0. The van der Waals surface area contributed by atoms with Crippen LogP contribution in [0.4, 0.5) is 5.82 Å². The second kappa shape index (κ2) is 5.19. The molecule has 1 fully saturated rings. The highest BCUT2D eigenvalue weighted by atomic mass is 35.5. The molecule has 98 valence electrons. The molecule has 18 heavy (non-hydrogen) atoms. The van der Waals surface area contributed by atoms with E-state index in [1.807, 2.05) is 0 Å². The molecular formula is C10H12ClN3O3S. The molecule has 2 heterocycles. The summed E-state index contributed by atoms with van der Waals surface area (Å²) in [4.78, 5) is 18.5. The molecule has 0 amide bonds. The highest BCUT2D eigenvalue weighted by Crippen LogP contribution is 2.21. The third-order valence-electron chi connectivity index (χ3n) is 2.76. The zero-order valence-corrected chi connectivity index (χ0v) is 11.0. The largest absolute Gasteiger partial charge is 0.366 e. The van der Waals surface area contributed by atoms with Gasteiger partial charge in [0.25, 0.3) is 0 Å². The summed E-state index contributed by atoms with van der Waals surface area (Å²) in [7, 11) is -3.01. The van der Waals surface area contributed by atoms with E-state index in [9.17, 15) is 13.2 Å². The molecule has 2 rings (SSSR count). The van der Waals surface area contributed by atoms with Gasteiger partial charge in [-0.1, -0.05) is 11.6 Å². The Morgan fingerprint density at radius 3 is 2.89 bits per heavy atom. The quantitative estimate of drug-likeness (QED) is 0.658. The predicted octanol–water partition coefficient (Wildman–Crippen LogP) is 0.932. The van der Waals surface area contributed by atoms with E-state index in [-0.39, 0.29) is 34.1 Å². The summed E-state index contributed by atoms with van der Waals surface area (Å²) in [5, 5.41) is 3.01. The number of aromatic nitrogens is 2. The maximum atomic E-state index is 11.5. The van der Waals surface area contributed by atoms with Crippen LogP contribution in [0.25, 0.3) is 0 Å². The number of nitrogens with zero attached hydrogens (tertiary/aromatic N) is 2. The van der Waals surface area contributed by atoms with E-state index < -0.39 is 9.84 Å². The maximum absolute atomic E-state index is 11.5. The second-order valence-electron chi connectivity index (χ2n) is 4.14. The number of hydrogen-bond donors (Lipinski definition) is 1. The first-order valence-corrected chi connectivity index (χ1v) is 7.64. The van der Waals surface area contributed by atoms with Gasteiger partial charge in [-0.2, -0.15) is 0 Å². The van der Waals surface area contributed by atoms with Crippen LogP contribution in [0.2, 0.25) is 5.15 Å². The first kappa shape index (κ1) is 13.2. The minimum absolute atomic E-state index is 0.0485. The molecule has 8 heteroatoms. The van der Waals surface area contributed by atoms with Gasteiger partial charge in [0.1, 0.15) is 17.3 Å². The molecular weight excluding hydrogens is 278 g/mol. The number of sulfone groups is 1. The molecule has 1 atom stereocenters.